The number of hydrogen-bond donors (Lipinski definition) is 0. The van der Waals surface area contributed by atoms with Gasteiger partial charge in [0.1, 0.15) is 29.6 Å². The van der Waals surface area contributed by atoms with E-state index in [9.17, 15) is 4.79 Å². The maximum Gasteiger partial charge on any atom is 0.206 e. The average Bonchev–Trinajstić information content (AvgIpc) is 3.31. The molecular formula is C21H21ClN2O3. The summed E-state index contributed by atoms with van der Waals surface area (Å²) in [7, 11) is 0. The predicted molar refractivity (Wildman–Crippen MR) is 105 cm³/mol. The van der Waals surface area contributed by atoms with Crippen molar-refractivity contribution in [2.75, 3.05) is 0 Å². The van der Waals surface area contributed by atoms with Crippen LogP contribution in [0.4, 0.5) is 0 Å². The number of aryl methyl sites for hydroxylation is 3. The second kappa shape index (κ2) is 8.27. The highest BCUT2D eigenvalue weighted by atomic mass is 35.5. The number of carbonyl (C=O) groups excluding carboxylic acids is 1. The summed E-state index contributed by atoms with van der Waals surface area (Å²) in [5.41, 5.74) is 2.36. The molecule has 0 aliphatic rings. The molecule has 6 heteroatoms. The molecule has 0 saturated carbocycles. The van der Waals surface area contributed by atoms with Crippen LogP contribution in [-0.2, 0) is 13.2 Å². The van der Waals surface area contributed by atoms with Crippen molar-refractivity contribution in [2.45, 2.75) is 33.9 Å². The van der Waals surface area contributed by atoms with Gasteiger partial charge in [-0.05, 0) is 74.4 Å². The highest BCUT2D eigenvalue weighted by Crippen LogP contribution is 2.26. The van der Waals surface area contributed by atoms with Gasteiger partial charge in [0.05, 0.1) is 0 Å². The molecule has 0 aliphatic heterocycles. The molecule has 3 rings (SSSR count). The van der Waals surface area contributed by atoms with E-state index >= 15 is 0 Å². The van der Waals surface area contributed by atoms with Crippen molar-refractivity contribution in [1.82, 2.24) is 9.78 Å². The van der Waals surface area contributed by atoms with Gasteiger partial charge < -0.3 is 9.15 Å². The molecule has 0 spiro atoms. The van der Waals surface area contributed by atoms with Gasteiger partial charge in [0.2, 0.25) is 5.78 Å². The molecule has 3 aromatic rings. The molecule has 0 amide bonds. The summed E-state index contributed by atoms with van der Waals surface area (Å²) in [6.45, 7) is 6.88. The van der Waals surface area contributed by atoms with Gasteiger partial charge in [-0.3, -0.25) is 9.48 Å². The highest BCUT2D eigenvalue weighted by Gasteiger charge is 2.08. The molecule has 0 atom stereocenters. The van der Waals surface area contributed by atoms with Crippen LogP contribution < -0.4 is 4.74 Å². The van der Waals surface area contributed by atoms with Crippen LogP contribution in [0.3, 0.4) is 0 Å². The van der Waals surface area contributed by atoms with E-state index in [0.29, 0.717) is 23.8 Å². The fraction of sp³-hybridized carbons (Fsp3) is 0.238. The zero-order valence-electron chi connectivity index (χ0n) is 15.5. The summed E-state index contributed by atoms with van der Waals surface area (Å²) in [5.74, 6) is 1.83. The second-order valence-electron chi connectivity index (χ2n) is 6.22. The van der Waals surface area contributed by atoms with E-state index in [1.807, 2.05) is 39.0 Å². The molecule has 0 fully saturated rings. The Labute approximate surface area is 163 Å². The monoisotopic (exact) mass is 384 g/mol. The first-order valence-corrected chi connectivity index (χ1v) is 9.08. The number of ether oxygens (including phenoxy) is 1. The molecule has 0 N–H and O–H groups in total. The van der Waals surface area contributed by atoms with Gasteiger partial charge in [0.15, 0.2) is 0 Å². The van der Waals surface area contributed by atoms with Crippen LogP contribution in [0, 0.1) is 13.8 Å². The van der Waals surface area contributed by atoms with E-state index in [1.165, 1.54) is 6.08 Å². The van der Waals surface area contributed by atoms with Crippen molar-refractivity contribution >= 4 is 23.5 Å². The Bertz CT molecular complexity index is 962. The first kappa shape index (κ1) is 19.0. The largest absolute Gasteiger partial charge is 0.486 e. The number of rotatable bonds is 7. The van der Waals surface area contributed by atoms with Gasteiger partial charge in [0, 0.05) is 17.8 Å². The molecule has 2 aromatic heterocycles. The van der Waals surface area contributed by atoms with Gasteiger partial charge in [-0.2, -0.15) is 5.10 Å². The molecule has 0 aliphatic carbocycles. The Morgan fingerprint density at radius 1 is 1.26 bits per heavy atom. The van der Waals surface area contributed by atoms with Gasteiger partial charge in [-0.1, -0.05) is 11.6 Å². The van der Waals surface area contributed by atoms with E-state index in [0.717, 1.165) is 28.4 Å². The first-order chi connectivity index (χ1) is 13.0. The Balaban J connectivity index is 1.60. The minimum atomic E-state index is -0.163. The lowest BCUT2D eigenvalue weighted by molar-refractivity contribution is 0.104. The van der Waals surface area contributed by atoms with Gasteiger partial charge in [-0.15, -0.1) is 0 Å². The second-order valence-corrected chi connectivity index (χ2v) is 6.60. The lowest BCUT2D eigenvalue weighted by Crippen LogP contribution is -1.99. The third-order valence-corrected chi connectivity index (χ3v) is 4.69. The number of aromatic nitrogens is 2. The molecule has 0 radical (unpaired) electrons. The molecule has 5 nitrogen and oxygen atoms in total. The van der Waals surface area contributed by atoms with E-state index in [2.05, 4.69) is 5.10 Å². The van der Waals surface area contributed by atoms with Gasteiger partial charge >= 0.3 is 0 Å². The van der Waals surface area contributed by atoms with Crippen LogP contribution >= 0.6 is 11.6 Å². The molecule has 0 saturated heterocycles. The number of benzene rings is 1. The number of halogens is 1. The molecule has 140 valence electrons. The maximum absolute atomic E-state index is 12.1. The number of hydrogen-bond acceptors (Lipinski definition) is 4. The van der Waals surface area contributed by atoms with Crippen LogP contribution in [0.25, 0.3) is 6.08 Å². The molecule has 1 aromatic carbocycles. The third kappa shape index (κ3) is 4.68. The van der Waals surface area contributed by atoms with Crippen LogP contribution in [-0.4, -0.2) is 15.6 Å². The summed E-state index contributed by atoms with van der Waals surface area (Å²) >= 11 is 6.17. The van der Waals surface area contributed by atoms with Gasteiger partial charge in [-0.25, -0.2) is 0 Å². The Kier molecular flexibility index (Phi) is 5.81. The molecule has 2 heterocycles. The van der Waals surface area contributed by atoms with E-state index in [1.54, 1.807) is 29.1 Å². The third-order valence-electron chi connectivity index (χ3n) is 4.09. The van der Waals surface area contributed by atoms with Gasteiger partial charge in [0.25, 0.3) is 0 Å². The lowest BCUT2D eigenvalue weighted by atomic mass is 10.1. The van der Waals surface area contributed by atoms with E-state index in [-0.39, 0.29) is 5.78 Å². The summed E-state index contributed by atoms with van der Waals surface area (Å²) in [4.78, 5) is 12.1. The SMILES string of the molecule is CCn1ccc(C(=O)/C=C/c2ccc(COc3cc(C)c(Cl)c(C)c3)o2)n1. The number of furan rings is 1. The van der Waals surface area contributed by atoms with E-state index in [4.69, 9.17) is 20.8 Å². The topological polar surface area (TPSA) is 57.3 Å². The van der Waals surface area contributed by atoms with Crippen LogP contribution in [0.1, 0.15) is 40.1 Å². The number of ketones is 1. The summed E-state index contributed by atoms with van der Waals surface area (Å²) in [6.07, 6.45) is 4.87. The zero-order chi connectivity index (χ0) is 19.4. The quantitative estimate of drug-likeness (QED) is 0.413. The van der Waals surface area contributed by atoms with Crippen molar-refractivity contribution in [3.63, 3.8) is 0 Å². The fourth-order valence-electron chi connectivity index (χ4n) is 2.62. The zero-order valence-corrected chi connectivity index (χ0v) is 16.3. The van der Waals surface area contributed by atoms with Crippen LogP contribution in [0.2, 0.25) is 5.02 Å². The van der Waals surface area contributed by atoms with Crippen molar-refractivity contribution in [3.8, 4) is 5.75 Å². The fourth-order valence-corrected chi connectivity index (χ4v) is 2.73. The molecule has 0 unspecified atom stereocenters. The first-order valence-electron chi connectivity index (χ1n) is 8.70. The predicted octanol–water partition coefficient (Wildman–Crippen LogP) is 5.24. The standard InChI is InChI=1S/C21H21ClN2O3/c1-4-24-10-9-19(23-24)20(25)8-7-16-5-6-17(27-16)13-26-18-11-14(2)21(22)15(3)12-18/h5-12H,4,13H2,1-3H3/b8-7+. The van der Waals surface area contributed by atoms with E-state index < -0.39 is 0 Å². The average molecular weight is 385 g/mol. The Morgan fingerprint density at radius 2 is 2.00 bits per heavy atom. The summed E-state index contributed by atoms with van der Waals surface area (Å²) in [5, 5.41) is 4.94. The van der Waals surface area contributed by atoms with Crippen LogP contribution in [0.5, 0.6) is 5.75 Å². The molecule has 0 bridgehead atoms. The normalized spacial score (nSPS) is 11.3. The maximum atomic E-state index is 12.1. The Hall–Kier alpha value is -2.79. The van der Waals surface area contributed by atoms with Crippen molar-refractivity contribution in [3.05, 3.63) is 76.0 Å². The molecular weight excluding hydrogens is 364 g/mol. The van der Waals surface area contributed by atoms with Crippen LogP contribution in [0.15, 0.2) is 47.0 Å². The smallest absolute Gasteiger partial charge is 0.206 e. The lowest BCUT2D eigenvalue weighted by Gasteiger charge is -2.08. The minimum absolute atomic E-state index is 0.163. The highest BCUT2D eigenvalue weighted by molar-refractivity contribution is 6.32. The number of allylic oxidation sites excluding steroid dienone is 1. The van der Waals surface area contributed by atoms with Crippen molar-refractivity contribution < 1.29 is 13.9 Å². The molecule has 27 heavy (non-hydrogen) atoms. The van der Waals surface area contributed by atoms with Crippen molar-refractivity contribution in [2.24, 2.45) is 0 Å². The van der Waals surface area contributed by atoms with Crippen molar-refractivity contribution in [1.29, 1.82) is 0 Å². The Morgan fingerprint density at radius 3 is 2.67 bits per heavy atom. The minimum Gasteiger partial charge on any atom is -0.486 e. The summed E-state index contributed by atoms with van der Waals surface area (Å²) in [6, 6.07) is 9.12. The number of carbonyl (C=O) groups is 1. The number of nitrogens with zero attached hydrogens (tertiary/aromatic N) is 2. The summed E-state index contributed by atoms with van der Waals surface area (Å²) < 4.78 is 13.2.